The van der Waals surface area contributed by atoms with Gasteiger partial charge in [0, 0.05) is 12.1 Å². The van der Waals surface area contributed by atoms with E-state index in [9.17, 15) is 14.4 Å². The highest BCUT2D eigenvalue weighted by Gasteiger charge is 2.37. The molecule has 0 unspecified atom stereocenters. The number of fused-ring (bicyclic) bond motifs is 1. The zero-order valence-electron chi connectivity index (χ0n) is 19.3. The van der Waals surface area contributed by atoms with E-state index in [1.165, 1.54) is 4.90 Å². The number of anilines is 1. The predicted octanol–water partition coefficient (Wildman–Crippen LogP) is 3.72. The highest BCUT2D eigenvalue weighted by Crippen LogP contribution is 2.25. The van der Waals surface area contributed by atoms with Crippen LogP contribution in [0.5, 0.6) is 0 Å². The van der Waals surface area contributed by atoms with Gasteiger partial charge in [0.1, 0.15) is 11.6 Å². The molecule has 3 amide bonds. The van der Waals surface area contributed by atoms with Crippen LogP contribution in [0.1, 0.15) is 43.0 Å². The average molecular weight is 438 g/mol. The van der Waals surface area contributed by atoms with Crippen LogP contribution >= 0.6 is 0 Å². The van der Waals surface area contributed by atoms with Gasteiger partial charge in [-0.25, -0.2) is 4.79 Å². The highest BCUT2D eigenvalue weighted by molar-refractivity contribution is 5.96. The molecule has 2 aromatic carbocycles. The maximum atomic E-state index is 13.0. The van der Waals surface area contributed by atoms with Crippen LogP contribution in [-0.4, -0.2) is 41.0 Å². The lowest BCUT2D eigenvalue weighted by Crippen LogP contribution is -2.54. The lowest BCUT2D eigenvalue weighted by atomic mass is 9.94. The molecular weight excluding hydrogens is 406 g/mol. The molecule has 0 aliphatic carbocycles. The van der Waals surface area contributed by atoms with E-state index in [0.717, 1.165) is 22.3 Å². The minimum absolute atomic E-state index is 0.188. The Balaban J connectivity index is 1.69. The van der Waals surface area contributed by atoms with Crippen molar-refractivity contribution in [1.82, 2.24) is 10.2 Å². The molecule has 1 aliphatic rings. The number of ether oxygens (including phenoxy) is 1. The van der Waals surface area contributed by atoms with Crippen LogP contribution < -0.4 is 10.6 Å². The summed E-state index contributed by atoms with van der Waals surface area (Å²) in [6.45, 7) is 9.35. The summed E-state index contributed by atoms with van der Waals surface area (Å²) in [5, 5.41) is 5.50. The standard InChI is InChI=1S/C25H31N3O4/c1-16-10-11-20(17(2)12-16)27-22(29)14-26-23(30)21-13-18-8-6-7-9-19(18)15-28(21)24(31)32-25(3,4)5/h6-12,21H,13-15H2,1-5H3,(H,26,30)(H,27,29)/t21-/m1/s1. The van der Waals surface area contributed by atoms with Gasteiger partial charge < -0.3 is 15.4 Å². The Morgan fingerprint density at radius 2 is 1.75 bits per heavy atom. The van der Waals surface area contributed by atoms with E-state index >= 15 is 0 Å². The summed E-state index contributed by atoms with van der Waals surface area (Å²) in [4.78, 5) is 39.7. The molecule has 0 spiro atoms. The second kappa shape index (κ2) is 9.42. The molecule has 1 aliphatic heterocycles. The largest absolute Gasteiger partial charge is 0.444 e. The van der Waals surface area contributed by atoms with Gasteiger partial charge in [-0.1, -0.05) is 42.0 Å². The smallest absolute Gasteiger partial charge is 0.411 e. The quantitative estimate of drug-likeness (QED) is 0.763. The number of hydrogen-bond donors (Lipinski definition) is 2. The number of rotatable bonds is 4. The van der Waals surface area contributed by atoms with E-state index in [1.54, 1.807) is 20.8 Å². The van der Waals surface area contributed by atoms with Gasteiger partial charge in [-0.3, -0.25) is 14.5 Å². The first kappa shape index (κ1) is 23.3. The molecule has 32 heavy (non-hydrogen) atoms. The minimum Gasteiger partial charge on any atom is -0.444 e. The Morgan fingerprint density at radius 1 is 1.06 bits per heavy atom. The van der Waals surface area contributed by atoms with Crippen molar-refractivity contribution >= 4 is 23.6 Å². The summed E-state index contributed by atoms with van der Waals surface area (Å²) < 4.78 is 5.53. The summed E-state index contributed by atoms with van der Waals surface area (Å²) in [5.74, 6) is -0.716. The van der Waals surface area contributed by atoms with Gasteiger partial charge in [0.15, 0.2) is 0 Å². The maximum absolute atomic E-state index is 13.0. The molecule has 170 valence electrons. The molecule has 7 heteroatoms. The van der Waals surface area contributed by atoms with Crippen LogP contribution in [0.15, 0.2) is 42.5 Å². The fourth-order valence-corrected chi connectivity index (χ4v) is 3.70. The first-order valence-electron chi connectivity index (χ1n) is 10.7. The van der Waals surface area contributed by atoms with Gasteiger partial charge in [0.2, 0.25) is 11.8 Å². The lowest BCUT2D eigenvalue weighted by Gasteiger charge is -2.36. The number of amides is 3. The number of nitrogens with zero attached hydrogens (tertiary/aromatic N) is 1. The Bertz CT molecular complexity index is 1030. The second-order valence-electron chi connectivity index (χ2n) is 9.18. The van der Waals surface area contributed by atoms with Crippen molar-refractivity contribution in [2.45, 2.75) is 59.2 Å². The van der Waals surface area contributed by atoms with Crippen LogP contribution in [-0.2, 0) is 27.3 Å². The van der Waals surface area contributed by atoms with Crippen molar-refractivity contribution in [1.29, 1.82) is 0 Å². The molecule has 0 aromatic heterocycles. The number of hydrogen-bond acceptors (Lipinski definition) is 4. The number of carbonyl (C=O) groups is 3. The Labute approximate surface area is 189 Å². The summed E-state index contributed by atoms with van der Waals surface area (Å²) in [7, 11) is 0. The summed E-state index contributed by atoms with van der Waals surface area (Å²) in [6, 6.07) is 12.7. The number of benzene rings is 2. The molecule has 2 aromatic rings. The molecule has 2 N–H and O–H groups in total. The Morgan fingerprint density at radius 3 is 2.41 bits per heavy atom. The SMILES string of the molecule is Cc1ccc(NC(=O)CNC(=O)[C@H]2Cc3ccccc3CN2C(=O)OC(C)(C)C)c(C)c1. The van der Waals surface area contributed by atoms with E-state index in [2.05, 4.69) is 10.6 Å². The topological polar surface area (TPSA) is 87.7 Å². The highest BCUT2D eigenvalue weighted by atomic mass is 16.6. The van der Waals surface area contributed by atoms with Crippen molar-refractivity contribution in [3.63, 3.8) is 0 Å². The van der Waals surface area contributed by atoms with Crippen LogP contribution in [0.2, 0.25) is 0 Å². The van der Waals surface area contributed by atoms with E-state index in [0.29, 0.717) is 12.1 Å². The first-order valence-corrected chi connectivity index (χ1v) is 10.7. The van der Waals surface area contributed by atoms with Crippen molar-refractivity contribution in [2.24, 2.45) is 0 Å². The van der Waals surface area contributed by atoms with Crippen LogP contribution in [0.4, 0.5) is 10.5 Å². The molecule has 0 saturated heterocycles. The molecule has 3 rings (SSSR count). The number of aryl methyl sites for hydroxylation is 2. The maximum Gasteiger partial charge on any atom is 0.411 e. The normalized spacial score (nSPS) is 15.5. The minimum atomic E-state index is -0.756. The molecular formula is C25H31N3O4. The van der Waals surface area contributed by atoms with Crippen LogP contribution in [0.3, 0.4) is 0 Å². The van der Waals surface area contributed by atoms with Gasteiger partial charge in [0.25, 0.3) is 0 Å². The third-order valence-corrected chi connectivity index (χ3v) is 5.26. The van der Waals surface area contributed by atoms with E-state index in [1.807, 2.05) is 56.3 Å². The fourth-order valence-electron chi connectivity index (χ4n) is 3.70. The third kappa shape index (κ3) is 5.87. The molecule has 1 atom stereocenters. The van der Waals surface area contributed by atoms with Crippen LogP contribution in [0.25, 0.3) is 0 Å². The zero-order valence-corrected chi connectivity index (χ0v) is 19.3. The van der Waals surface area contributed by atoms with E-state index < -0.39 is 17.7 Å². The van der Waals surface area contributed by atoms with Gasteiger partial charge in [0.05, 0.1) is 13.1 Å². The van der Waals surface area contributed by atoms with Gasteiger partial charge in [-0.2, -0.15) is 0 Å². The first-order chi connectivity index (χ1) is 15.0. The van der Waals surface area contributed by atoms with Crippen molar-refractivity contribution in [3.8, 4) is 0 Å². The average Bonchev–Trinajstić information content (AvgIpc) is 2.72. The lowest BCUT2D eigenvalue weighted by molar-refractivity contribution is -0.128. The summed E-state index contributed by atoms with van der Waals surface area (Å²) in [5.41, 5.74) is 4.07. The van der Waals surface area contributed by atoms with E-state index in [4.69, 9.17) is 4.74 Å². The molecule has 7 nitrogen and oxygen atoms in total. The van der Waals surface area contributed by atoms with Crippen molar-refractivity contribution in [3.05, 3.63) is 64.7 Å². The zero-order chi connectivity index (χ0) is 23.5. The van der Waals surface area contributed by atoms with Gasteiger partial charge in [-0.05, 0) is 57.4 Å². The summed E-state index contributed by atoms with van der Waals surface area (Å²) in [6.07, 6.45) is -0.188. The third-order valence-electron chi connectivity index (χ3n) is 5.26. The fraction of sp³-hybridized carbons (Fsp3) is 0.400. The molecule has 1 heterocycles. The van der Waals surface area contributed by atoms with E-state index in [-0.39, 0.29) is 24.9 Å². The van der Waals surface area contributed by atoms with Gasteiger partial charge in [-0.15, -0.1) is 0 Å². The molecule has 0 saturated carbocycles. The monoisotopic (exact) mass is 437 g/mol. The van der Waals surface area contributed by atoms with Crippen molar-refractivity contribution < 1.29 is 19.1 Å². The Kier molecular flexibility index (Phi) is 6.87. The predicted molar refractivity (Wildman–Crippen MR) is 123 cm³/mol. The van der Waals surface area contributed by atoms with Crippen molar-refractivity contribution in [2.75, 3.05) is 11.9 Å². The molecule has 0 radical (unpaired) electrons. The number of nitrogens with one attached hydrogen (secondary N) is 2. The second-order valence-corrected chi connectivity index (χ2v) is 9.18. The molecule has 0 bridgehead atoms. The Hall–Kier alpha value is -3.35. The molecule has 0 fully saturated rings. The number of carbonyl (C=O) groups excluding carboxylic acids is 3. The van der Waals surface area contributed by atoms with Crippen LogP contribution in [0, 0.1) is 13.8 Å². The van der Waals surface area contributed by atoms with Gasteiger partial charge >= 0.3 is 6.09 Å². The summed E-state index contributed by atoms with van der Waals surface area (Å²) >= 11 is 0.